The quantitative estimate of drug-likeness (QED) is 0.455. The Morgan fingerprint density at radius 3 is 1.78 bits per heavy atom. The summed E-state index contributed by atoms with van der Waals surface area (Å²) in [6.07, 6.45) is 6.21. The average molecular weight is 550 g/mol. The number of piperidine rings is 1. The van der Waals surface area contributed by atoms with Crippen molar-refractivity contribution < 1.29 is 19.1 Å². The van der Waals surface area contributed by atoms with Gasteiger partial charge in [0.25, 0.3) is 11.8 Å². The summed E-state index contributed by atoms with van der Waals surface area (Å²) < 4.78 is 12.0. The third kappa shape index (κ3) is 7.20. The maximum Gasteiger partial charge on any atom is 0.272 e. The van der Waals surface area contributed by atoms with E-state index >= 15 is 0 Å². The number of aromatic nitrogens is 1. The molecule has 1 aliphatic heterocycles. The van der Waals surface area contributed by atoms with Gasteiger partial charge in [0.15, 0.2) is 0 Å². The van der Waals surface area contributed by atoms with Gasteiger partial charge < -0.3 is 19.7 Å². The fraction of sp³-hybridized carbons (Fsp3) is 0.344. The number of nitriles is 2. The van der Waals surface area contributed by atoms with E-state index in [2.05, 4.69) is 22.4 Å². The molecule has 1 N–H and O–H groups in total. The first-order valence-electron chi connectivity index (χ1n) is 13.9. The molecule has 9 heteroatoms. The number of hydrogen-bond donors (Lipinski definition) is 1. The van der Waals surface area contributed by atoms with Crippen molar-refractivity contribution >= 4 is 11.8 Å². The fourth-order valence-corrected chi connectivity index (χ4v) is 5.19. The Hall–Kier alpha value is -4.89. The van der Waals surface area contributed by atoms with Gasteiger partial charge in [-0.2, -0.15) is 10.5 Å². The van der Waals surface area contributed by atoms with Crippen LogP contribution in [-0.4, -0.2) is 53.0 Å². The molecule has 41 heavy (non-hydrogen) atoms. The van der Waals surface area contributed by atoms with Crippen molar-refractivity contribution in [3.05, 3.63) is 89.2 Å². The van der Waals surface area contributed by atoms with Crippen LogP contribution < -0.4 is 14.8 Å². The average Bonchev–Trinajstić information content (AvgIpc) is 3.03. The molecular weight excluding hydrogens is 518 g/mol. The van der Waals surface area contributed by atoms with E-state index in [-0.39, 0.29) is 30.1 Å². The van der Waals surface area contributed by atoms with E-state index in [1.165, 1.54) is 6.20 Å². The minimum atomic E-state index is -0.200. The van der Waals surface area contributed by atoms with Crippen molar-refractivity contribution in [3.8, 4) is 23.6 Å². The van der Waals surface area contributed by atoms with Gasteiger partial charge in [0, 0.05) is 38.2 Å². The number of nitrogens with one attached hydrogen (secondary N) is 1. The number of hydrogen-bond acceptors (Lipinski definition) is 7. The van der Waals surface area contributed by atoms with E-state index in [4.69, 9.17) is 20.0 Å². The van der Waals surface area contributed by atoms with Gasteiger partial charge in [-0.05, 0) is 86.3 Å². The van der Waals surface area contributed by atoms with Crippen LogP contribution >= 0.6 is 0 Å². The number of carbonyl (C=O) groups excluding carboxylic acids is 2. The van der Waals surface area contributed by atoms with Crippen LogP contribution in [0.25, 0.3) is 0 Å². The van der Waals surface area contributed by atoms with Crippen LogP contribution in [0.15, 0.2) is 66.9 Å². The normalized spacial score (nSPS) is 18.9. The van der Waals surface area contributed by atoms with Crippen molar-refractivity contribution in [2.24, 2.45) is 0 Å². The Balaban J connectivity index is 1.05. The molecule has 208 valence electrons. The number of likely N-dealkylation sites (tertiary alicyclic amines) is 1. The third-order valence-electron chi connectivity index (χ3n) is 7.56. The summed E-state index contributed by atoms with van der Waals surface area (Å²) in [5, 5.41) is 20.9. The maximum atomic E-state index is 13.0. The Labute approximate surface area is 239 Å². The highest BCUT2D eigenvalue weighted by Gasteiger charge is 2.27. The fourth-order valence-electron chi connectivity index (χ4n) is 5.19. The molecule has 1 saturated heterocycles. The lowest BCUT2D eigenvalue weighted by Crippen LogP contribution is -2.42. The molecule has 2 aromatic carbocycles. The smallest absolute Gasteiger partial charge is 0.272 e. The summed E-state index contributed by atoms with van der Waals surface area (Å²) >= 11 is 0. The predicted molar refractivity (Wildman–Crippen MR) is 150 cm³/mol. The first-order chi connectivity index (χ1) is 20.0. The minimum Gasteiger partial charge on any atom is -0.490 e. The molecule has 2 aliphatic rings. The van der Waals surface area contributed by atoms with Gasteiger partial charge in [-0.1, -0.05) is 0 Å². The number of pyridine rings is 1. The second-order valence-corrected chi connectivity index (χ2v) is 10.4. The zero-order valence-electron chi connectivity index (χ0n) is 22.7. The molecule has 2 amide bonds. The Morgan fingerprint density at radius 2 is 1.29 bits per heavy atom. The van der Waals surface area contributed by atoms with E-state index in [1.807, 2.05) is 12.1 Å². The van der Waals surface area contributed by atoms with Crippen molar-refractivity contribution in [2.45, 2.75) is 56.8 Å². The molecule has 5 rings (SSSR count). The second kappa shape index (κ2) is 13.0. The van der Waals surface area contributed by atoms with Gasteiger partial charge in [-0.15, -0.1) is 0 Å². The van der Waals surface area contributed by atoms with Gasteiger partial charge in [0.1, 0.15) is 23.3 Å². The van der Waals surface area contributed by atoms with Crippen LogP contribution in [0, 0.1) is 22.7 Å². The number of nitrogens with zero attached hydrogens (tertiary/aromatic N) is 4. The van der Waals surface area contributed by atoms with Crippen LogP contribution in [0.4, 0.5) is 0 Å². The van der Waals surface area contributed by atoms with Gasteiger partial charge >= 0.3 is 0 Å². The van der Waals surface area contributed by atoms with E-state index in [1.54, 1.807) is 53.4 Å². The van der Waals surface area contributed by atoms with E-state index < -0.39 is 0 Å². The lowest BCUT2D eigenvalue weighted by atomic mass is 9.92. The number of rotatable bonds is 7. The lowest BCUT2D eigenvalue weighted by Gasteiger charge is -2.32. The van der Waals surface area contributed by atoms with Gasteiger partial charge in [0.05, 0.1) is 34.9 Å². The summed E-state index contributed by atoms with van der Waals surface area (Å²) in [6.45, 7) is 1.11. The highest BCUT2D eigenvalue weighted by Crippen LogP contribution is 2.25. The number of benzene rings is 2. The molecular formula is C32H31N5O4. The maximum absolute atomic E-state index is 13.0. The van der Waals surface area contributed by atoms with Crippen molar-refractivity contribution in [2.75, 3.05) is 13.1 Å². The van der Waals surface area contributed by atoms with Crippen LogP contribution in [0.3, 0.4) is 0 Å². The predicted octanol–water partition coefficient (Wildman–Crippen LogP) is 4.63. The summed E-state index contributed by atoms with van der Waals surface area (Å²) in [5.74, 6) is 1.11. The monoisotopic (exact) mass is 549 g/mol. The number of carbonyl (C=O) groups is 2. The molecule has 0 bridgehead atoms. The summed E-state index contributed by atoms with van der Waals surface area (Å²) in [4.78, 5) is 31.9. The summed E-state index contributed by atoms with van der Waals surface area (Å²) in [6, 6.07) is 21.6. The molecule has 3 aromatic rings. The van der Waals surface area contributed by atoms with Gasteiger partial charge in [0.2, 0.25) is 0 Å². The summed E-state index contributed by atoms with van der Waals surface area (Å²) in [7, 11) is 0. The highest BCUT2D eigenvalue weighted by atomic mass is 16.5. The number of ether oxygens (including phenoxy) is 2. The molecule has 2 heterocycles. The van der Waals surface area contributed by atoms with Crippen LogP contribution in [0.5, 0.6) is 11.5 Å². The largest absolute Gasteiger partial charge is 0.490 e. The molecule has 9 nitrogen and oxygen atoms in total. The lowest BCUT2D eigenvalue weighted by molar-refractivity contribution is 0.0589. The molecule has 1 saturated carbocycles. The van der Waals surface area contributed by atoms with E-state index in [9.17, 15) is 9.59 Å². The molecule has 2 fully saturated rings. The molecule has 0 unspecified atom stereocenters. The highest BCUT2D eigenvalue weighted by molar-refractivity contribution is 5.96. The number of amides is 2. The first kappa shape index (κ1) is 27.7. The standard InChI is InChI=1S/C32H31N5O4/c33-19-22-1-8-26(9-2-22)40-28-12-6-25(7-13-28)36-31(38)24-5-14-30(35-21-24)32(39)37-17-15-29(16-18-37)41-27-10-3-23(20-34)4-11-27/h1-5,8-11,14,21,25,28-29H,6-7,12-13,15-18H2,(H,36,38). The molecule has 0 spiro atoms. The van der Waals surface area contributed by atoms with E-state index in [0.717, 1.165) is 31.4 Å². The van der Waals surface area contributed by atoms with Gasteiger partial charge in [-0.3, -0.25) is 14.6 Å². The van der Waals surface area contributed by atoms with Crippen molar-refractivity contribution in [1.82, 2.24) is 15.2 Å². The Morgan fingerprint density at radius 1 is 0.756 bits per heavy atom. The van der Waals surface area contributed by atoms with Crippen molar-refractivity contribution in [3.63, 3.8) is 0 Å². The molecule has 0 radical (unpaired) electrons. The van der Waals surface area contributed by atoms with Crippen LogP contribution in [0.1, 0.15) is 70.5 Å². The topological polar surface area (TPSA) is 128 Å². The van der Waals surface area contributed by atoms with E-state index in [0.29, 0.717) is 54.1 Å². The first-order valence-corrected chi connectivity index (χ1v) is 13.9. The Bertz CT molecular complexity index is 1430. The minimum absolute atomic E-state index is 0.00335. The van der Waals surface area contributed by atoms with Crippen LogP contribution in [-0.2, 0) is 0 Å². The van der Waals surface area contributed by atoms with Crippen LogP contribution in [0.2, 0.25) is 0 Å². The third-order valence-corrected chi connectivity index (χ3v) is 7.56. The molecule has 1 aromatic heterocycles. The molecule has 1 aliphatic carbocycles. The zero-order chi connectivity index (χ0) is 28.6. The molecule has 0 atom stereocenters. The van der Waals surface area contributed by atoms with Gasteiger partial charge in [-0.25, -0.2) is 0 Å². The SMILES string of the molecule is N#Cc1ccc(OC2CCC(NC(=O)c3ccc(C(=O)N4CCC(Oc5ccc(C#N)cc5)CC4)nc3)CC2)cc1. The zero-order valence-corrected chi connectivity index (χ0v) is 22.7. The second-order valence-electron chi connectivity index (χ2n) is 10.4. The van der Waals surface area contributed by atoms with Crippen molar-refractivity contribution in [1.29, 1.82) is 10.5 Å². The summed E-state index contributed by atoms with van der Waals surface area (Å²) in [5.41, 5.74) is 1.92. The Kier molecular flexibility index (Phi) is 8.76.